The first-order valence-electron chi connectivity index (χ1n) is 9.20. The molecule has 146 valence electrons. The summed E-state index contributed by atoms with van der Waals surface area (Å²) in [5.74, 6) is 0.217. The molecular weight excluding hydrogens is 360 g/mol. The molecule has 0 spiro atoms. The zero-order valence-corrected chi connectivity index (χ0v) is 15.7. The molecule has 2 N–H and O–H groups in total. The fourth-order valence-electron chi connectivity index (χ4n) is 3.34. The Morgan fingerprint density at radius 2 is 2.21 bits per heavy atom. The first-order valence-corrected chi connectivity index (χ1v) is 9.20. The predicted molar refractivity (Wildman–Crippen MR) is 102 cm³/mol. The summed E-state index contributed by atoms with van der Waals surface area (Å²) in [5, 5.41) is 9.44. The van der Waals surface area contributed by atoms with Gasteiger partial charge < -0.3 is 20.1 Å². The maximum absolute atomic E-state index is 12.0. The minimum Gasteiger partial charge on any atom is -0.493 e. The average molecular weight is 382 g/mol. The van der Waals surface area contributed by atoms with Crippen molar-refractivity contribution in [3.63, 3.8) is 0 Å². The smallest absolute Gasteiger partial charge is 0.252 e. The molecule has 8 heteroatoms. The van der Waals surface area contributed by atoms with E-state index in [2.05, 4.69) is 4.98 Å². The number of benzene rings is 1. The van der Waals surface area contributed by atoms with E-state index in [0.717, 1.165) is 12.8 Å². The third-order valence-electron chi connectivity index (χ3n) is 4.62. The maximum Gasteiger partial charge on any atom is 0.252 e. The largest absolute Gasteiger partial charge is 0.493 e. The van der Waals surface area contributed by atoms with Crippen molar-refractivity contribution in [3.05, 3.63) is 30.0 Å². The Balaban J connectivity index is 1.88. The van der Waals surface area contributed by atoms with Gasteiger partial charge in [0.05, 0.1) is 30.3 Å². The molecule has 0 bridgehead atoms. The van der Waals surface area contributed by atoms with Crippen LogP contribution in [0.15, 0.2) is 24.4 Å². The molecule has 0 unspecified atom stereocenters. The van der Waals surface area contributed by atoms with Crippen molar-refractivity contribution in [2.24, 2.45) is 5.73 Å². The summed E-state index contributed by atoms with van der Waals surface area (Å²) in [7, 11) is 0. The number of piperidine rings is 1. The number of nitrogens with zero attached hydrogens (tertiary/aromatic N) is 3. The number of fused-ring (bicyclic) bond motifs is 1. The normalized spacial score (nSPS) is 16.4. The fourth-order valence-corrected chi connectivity index (χ4v) is 3.34. The topological polar surface area (TPSA) is 119 Å². The lowest BCUT2D eigenvalue weighted by Gasteiger charge is -2.32. The second-order valence-corrected chi connectivity index (χ2v) is 6.53. The SMILES string of the molecule is CCOc1cc2c(O[C@@H]3CCCN(C(=O)CC#N)C3)ccnc2cc1C(N)=O. The number of nitriles is 1. The van der Waals surface area contributed by atoms with Gasteiger partial charge in [-0.15, -0.1) is 0 Å². The number of rotatable bonds is 6. The molecule has 1 aromatic heterocycles. The average Bonchev–Trinajstić information content (AvgIpc) is 2.68. The number of hydrogen-bond acceptors (Lipinski definition) is 6. The Labute approximate surface area is 162 Å². The second-order valence-electron chi connectivity index (χ2n) is 6.53. The lowest BCUT2D eigenvalue weighted by Crippen LogP contribution is -2.44. The van der Waals surface area contributed by atoms with Gasteiger partial charge in [-0.1, -0.05) is 0 Å². The van der Waals surface area contributed by atoms with Crippen LogP contribution in [0.4, 0.5) is 0 Å². The molecule has 0 radical (unpaired) electrons. The second kappa shape index (κ2) is 8.57. The summed E-state index contributed by atoms with van der Waals surface area (Å²) in [6, 6.07) is 6.95. The number of carbonyl (C=O) groups excluding carboxylic acids is 2. The highest BCUT2D eigenvalue weighted by atomic mass is 16.5. The number of primary amides is 1. The van der Waals surface area contributed by atoms with Crippen molar-refractivity contribution >= 4 is 22.7 Å². The molecule has 1 fully saturated rings. The van der Waals surface area contributed by atoms with Gasteiger partial charge in [0.2, 0.25) is 5.91 Å². The van der Waals surface area contributed by atoms with Crippen molar-refractivity contribution in [1.29, 1.82) is 5.26 Å². The van der Waals surface area contributed by atoms with Crippen LogP contribution in [0.5, 0.6) is 11.5 Å². The highest BCUT2D eigenvalue weighted by Crippen LogP contribution is 2.32. The van der Waals surface area contributed by atoms with Gasteiger partial charge in [0.25, 0.3) is 5.91 Å². The fraction of sp³-hybridized carbons (Fsp3) is 0.400. The summed E-state index contributed by atoms with van der Waals surface area (Å²) < 4.78 is 11.7. The number of hydrogen-bond donors (Lipinski definition) is 1. The minimum absolute atomic E-state index is 0.126. The monoisotopic (exact) mass is 382 g/mol. The standard InChI is InChI=1S/C20H22N4O4/c1-2-27-18-11-14-16(10-15(18)20(22)26)23-8-6-17(14)28-13-4-3-9-24(12-13)19(25)5-7-21/h6,8,10-11,13H,2-5,9,12H2,1H3,(H2,22,26)/t13-/m1/s1. The van der Waals surface area contributed by atoms with E-state index in [0.29, 0.717) is 42.1 Å². The van der Waals surface area contributed by atoms with Crippen LogP contribution >= 0.6 is 0 Å². The van der Waals surface area contributed by atoms with Crippen LogP contribution in [0.1, 0.15) is 36.5 Å². The van der Waals surface area contributed by atoms with Crippen LogP contribution < -0.4 is 15.2 Å². The molecule has 1 aliphatic heterocycles. The molecule has 0 aliphatic carbocycles. The molecule has 2 heterocycles. The molecule has 1 aromatic carbocycles. The van der Waals surface area contributed by atoms with Crippen molar-refractivity contribution in [2.45, 2.75) is 32.3 Å². The zero-order valence-electron chi connectivity index (χ0n) is 15.7. The van der Waals surface area contributed by atoms with E-state index < -0.39 is 5.91 Å². The van der Waals surface area contributed by atoms with Gasteiger partial charge in [0.15, 0.2) is 0 Å². The minimum atomic E-state index is -0.586. The Hall–Kier alpha value is -3.34. The first kappa shape index (κ1) is 19.4. The molecule has 2 aromatic rings. The molecule has 2 amide bonds. The Morgan fingerprint density at radius 1 is 1.39 bits per heavy atom. The highest BCUT2D eigenvalue weighted by molar-refractivity contribution is 6.01. The van der Waals surface area contributed by atoms with Crippen LogP contribution in [0.25, 0.3) is 10.9 Å². The number of ether oxygens (including phenoxy) is 2. The number of likely N-dealkylation sites (tertiary alicyclic amines) is 1. The van der Waals surface area contributed by atoms with Crippen LogP contribution in [0, 0.1) is 11.3 Å². The van der Waals surface area contributed by atoms with Crippen LogP contribution in [-0.2, 0) is 4.79 Å². The Morgan fingerprint density at radius 3 is 2.93 bits per heavy atom. The predicted octanol–water partition coefficient (Wildman–Crippen LogP) is 2.02. The van der Waals surface area contributed by atoms with Crippen molar-refractivity contribution in [1.82, 2.24) is 9.88 Å². The molecule has 1 saturated heterocycles. The summed E-state index contributed by atoms with van der Waals surface area (Å²) in [6.45, 7) is 3.28. The molecule has 8 nitrogen and oxygen atoms in total. The van der Waals surface area contributed by atoms with Gasteiger partial charge in [-0.25, -0.2) is 0 Å². The summed E-state index contributed by atoms with van der Waals surface area (Å²) >= 11 is 0. The number of aromatic nitrogens is 1. The Kier molecular flexibility index (Phi) is 5.94. The highest BCUT2D eigenvalue weighted by Gasteiger charge is 2.25. The third kappa shape index (κ3) is 4.14. The zero-order chi connectivity index (χ0) is 20.1. The third-order valence-corrected chi connectivity index (χ3v) is 4.62. The lowest BCUT2D eigenvalue weighted by atomic mass is 10.1. The first-order chi connectivity index (χ1) is 13.5. The molecule has 1 aliphatic rings. The molecular formula is C20H22N4O4. The van der Waals surface area contributed by atoms with Crippen LogP contribution in [0.2, 0.25) is 0 Å². The van der Waals surface area contributed by atoms with E-state index in [9.17, 15) is 9.59 Å². The summed E-state index contributed by atoms with van der Waals surface area (Å²) in [4.78, 5) is 29.7. The van der Waals surface area contributed by atoms with Gasteiger partial charge in [-0.2, -0.15) is 5.26 Å². The molecule has 1 atom stereocenters. The van der Waals surface area contributed by atoms with Crippen molar-refractivity contribution in [2.75, 3.05) is 19.7 Å². The van der Waals surface area contributed by atoms with E-state index in [1.54, 1.807) is 29.3 Å². The summed E-state index contributed by atoms with van der Waals surface area (Å²) in [5.41, 5.74) is 6.29. The van der Waals surface area contributed by atoms with E-state index in [1.165, 1.54) is 0 Å². The number of amides is 2. The van der Waals surface area contributed by atoms with Gasteiger partial charge in [0, 0.05) is 18.1 Å². The van der Waals surface area contributed by atoms with Gasteiger partial charge in [-0.05, 0) is 38.0 Å². The van der Waals surface area contributed by atoms with E-state index in [-0.39, 0.29) is 24.0 Å². The van der Waals surface area contributed by atoms with Gasteiger partial charge in [-0.3, -0.25) is 14.6 Å². The number of pyridine rings is 1. The number of carbonyl (C=O) groups is 2. The van der Waals surface area contributed by atoms with E-state index >= 15 is 0 Å². The molecule has 0 saturated carbocycles. The Bertz CT molecular complexity index is 938. The molecule has 28 heavy (non-hydrogen) atoms. The maximum atomic E-state index is 12.0. The van der Waals surface area contributed by atoms with Crippen LogP contribution in [-0.4, -0.2) is 47.5 Å². The lowest BCUT2D eigenvalue weighted by molar-refractivity contribution is -0.132. The van der Waals surface area contributed by atoms with Gasteiger partial charge >= 0.3 is 0 Å². The van der Waals surface area contributed by atoms with Crippen molar-refractivity contribution < 1.29 is 19.1 Å². The summed E-state index contributed by atoms with van der Waals surface area (Å²) in [6.07, 6.45) is 2.90. The quantitative estimate of drug-likeness (QED) is 0.816. The molecule has 3 rings (SSSR count). The van der Waals surface area contributed by atoms with Gasteiger partial charge in [0.1, 0.15) is 24.0 Å². The van der Waals surface area contributed by atoms with E-state index in [1.807, 2.05) is 13.0 Å². The van der Waals surface area contributed by atoms with E-state index in [4.69, 9.17) is 20.5 Å². The van der Waals surface area contributed by atoms with Crippen LogP contribution in [0.3, 0.4) is 0 Å². The van der Waals surface area contributed by atoms with Crippen molar-refractivity contribution in [3.8, 4) is 17.6 Å². The number of nitrogens with two attached hydrogens (primary N) is 1.